The molecule has 0 unspecified atom stereocenters. The van der Waals surface area contributed by atoms with Gasteiger partial charge in [0.1, 0.15) is 6.72 Å². The van der Waals surface area contributed by atoms with E-state index in [9.17, 15) is 0 Å². The van der Waals surface area contributed by atoms with Gasteiger partial charge < -0.3 is 5.32 Å². The highest BCUT2D eigenvalue weighted by Crippen LogP contribution is 2.16. The van der Waals surface area contributed by atoms with E-state index in [0.717, 1.165) is 11.0 Å². The Kier molecular flexibility index (Phi) is 2.42. The molecular formula is C13H14N2. The first-order valence-corrected chi connectivity index (χ1v) is 4.93. The van der Waals surface area contributed by atoms with E-state index in [-0.39, 0.29) is 0 Å². The van der Waals surface area contributed by atoms with Crippen LogP contribution in [-0.4, -0.2) is 0 Å². The fourth-order valence-corrected chi connectivity index (χ4v) is 1.53. The Morgan fingerprint density at radius 3 is 2.87 bits per heavy atom. The summed E-state index contributed by atoms with van der Waals surface area (Å²) in [6.07, 6.45) is 7.84. The summed E-state index contributed by atoms with van der Waals surface area (Å²) in [6, 6.07) is 4.13. The van der Waals surface area contributed by atoms with Gasteiger partial charge in [0, 0.05) is 12.1 Å². The highest BCUT2D eigenvalue weighted by Gasteiger charge is 1.97. The third kappa shape index (κ3) is 1.99. The highest BCUT2D eigenvalue weighted by atomic mass is 14.9. The third-order valence-corrected chi connectivity index (χ3v) is 2.37. The number of hydrogen-bond acceptors (Lipinski definition) is 0. The molecule has 0 radical (unpaired) electrons. The van der Waals surface area contributed by atoms with E-state index in [1.54, 1.807) is 0 Å². The zero-order valence-electron chi connectivity index (χ0n) is 9.07. The molecule has 0 spiro atoms. The van der Waals surface area contributed by atoms with Crippen molar-refractivity contribution in [1.82, 2.24) is 0 Å². The van der Waals surface area contributed by atoms with E-state index >= 15 is 0 Å². The number of aromatic nitrogens is 1. The lowest BCUT2D eigenvalue weighted by Gasteiger charge is -2.20. The average Bonchev–Trinajstić information content (AvgIpc) is 2.22. The van der Waals surface area contributed by atoms with Gasteiger partial charge in [0.15, 0.2) is 11.5 Å². The number of nitrogens with zero attached hydrogens (tertiary/aromatic N) is 2. The molecule has 0 fully saturated rings. The van der Waals surface area contributed by atoms with Gasteiger partial charge in [0.25, 0.3) is 0 Å². The number of hydrogen-bond donors (Lipinski definition) is 0. The SMILES string of the molecule is C=[n+]1ccc(C)cc1=C1C=C(C)C=C[N-]1. The maximum Gasteiger partial charge on any atom is 0.195 e. The molecule has 0 saturated carbocycles. The van der Waals surface area contributed by atoms with Crippen LogP contribution in [0.1, 0.15) is 12.5 Å². The summed E-state index contributed by atoms with van der Waals surface area (Å²) in [5, 5.41) is 5.39. The molecule has 2 heteroatoms. The van der Waals surface area contributed by atoms with Crippen molar-refractivity contribution in [2.75, 3.05) is 0 Å². The van der Waals surface area contributed by atoms with Gasteiger partial charge in [-0.05, 0) is 19.4 Å². The van der Waals surface area contributed by atoms with Gasteiger partial charge in [-0.25, -0.2) is 0 Å². The maximum absolute atomic E-state index is 4.35. The first-order chi connectivity index (χ1) is 7.16. The van der Waals surface area contributed by atoms with Crippen LogP contribution in [0.5, 0.6) is 0 Å². The fourth-order valence-electron chi connectivity index (χ4n) is 1.53. The number of aryl methyl sites for hydroxylation is 1. The Balaban J connectivity index is 2.71. The quantitative estimate of drug-likeness (QED) is 0.567. The summed E-state index contributed by atoms with van der Waals surface area (Å²) in [5.41, 5.74) is 3.39. The van der Waals surface area contributed by atoms with Crippen molar-refractivity contribution in [3.8, 4) is 0 Å². The van der Waals surface area contributed by atoms with Gasteiger partial charge in [-0.1, -0.05) is 23.4 Å². The molecule has 1 aliphatic rings. The normalized spacial score (nSPS) is 18.4. The lowest BCUT2D eigenvalue weighted by atomic mass is 10.1. The second kappa shape index (κ2) is 3.73. The second-order valence-electron chi connectivity index (χ2n) is 3.78. The van der Waals surface area contributed by atoms with Crippen molar-refractivity contribution < 1.29 is 4.24 Å². The minimum atomic E-state index is 0.966. The molecule has 0 aliphatic carbocycles. The van der Waals surface area contributed by atoms with Crippen LogP contribution in [0.2, 0.25) is 0 Å². The Hall–Kier alpha value is -1.83. The van der Waals surface area contributed by atoms with E-state index in [0.29, 0.717) is 0 Å². The Bertz CT molecular complexity index is 550. The topological polar surface area (TPSA) is 20.0 Å². The van der Waals surface area contributed by atoms with Crippen molar-refractivity contribution in [1.29, 1.82) is 0 Å². The molecule has 0 bridgehead atoms. The average molecular weight is 198 g/mol. The lowest BCUT2D eigenvalue weighted by Crippen LogP contribution is -2.36. The molecule has 2 heterocycles. The fraction of sp³-hybridized carbons (Fsp3) is 0.154. The maximum atomic E-state index is 4.35. The van der Waals surface area contributed by atoms with Crippen LogP contribution in [0.15, 0.2) is 42.3 Å². The van der Waals surface area contributed by atoms with Crippen LogP contribution in [0.25, 0.3) is 11.0 Å². The van der Waals surface area contributed by atoms with Crippen molar-refractivity contribution in [3.05, 3.63) is 65.2 Å². The Labute approximate surface area is 89.6 Å². The van der Waals surface area contributed by atoms with Crippen molar-refractivity contribution in [2.24, 2.45) is 0 Å². The molecule has 0 atom stereocenters. The van der Waals surface area contributed by atoms with Gasteiger partial charge in [0.2, 0.25) is 0 Å². The molecular weight excluding hydrogens is 184 g/mol. The predicted molar refractivity (Wildman–Crippen MR) is 61.4 cm³/mol. The smallest absolute Gasteiger partial charge is 0.195 e. The van der Waals surface area contributed by atoms with Gasteiger partial charge in [-0.3, -0.25) is 0 Å². The predicted octanol–water partition coefficient (Wildman–Crippen LogP) is 1.88. The molecule has 76 valence electrons. The summed E-state index contributed by atoms with van der Waals surface area (Å²) < 4.78 is 1.84. The van der Waals surface area contributed by atoms with Gasteiger partial charge in [0.05, 0.1) is 0 Å². The van der Waals surface area contributed by atoms with E-state index in [1.807, 2.05) is 28.8 Å². The zero-order valence-corrected chi connectivity index (χ0v) is 9.07. The number of allylic oxidation sites excluding steroid dienone is 2. The first kappa shape index (κ1) is 9.71. The molecule has 1 aromatic heterocycles. The van der Waals surface area contributed by atoms with Gasteiger partial charge in [-0.15, -0.1) is 0 Å². The van der Waals surface area contributed by atoms with E-state index < -0.39 is 0 Å². The summed E-state index contributed by atoms with van der Waals surface area (Å²) in [4.78, 5) is 0. The molecule has 1 aliphatic heterocycles. The molecule has 2 nitrogen and oxygen atoms in total. The minimum Gasteiger partial charge on any atom is -0.659 e. The van der Waals surface area contributed by atoms with Gasteiger partial charge in [-0.2, -0.15) is 10.4 Å². The standard InChI is InChI=1S/C13H14N2/c1-10-4-6-14-12(8-10)13-9-11(2)5-7-15(13)3/h4-9H,3H2,1-2H3. The van der Waals surface area contributed by atoms with Crippen LogP contribution < -0.4 is 9.59 Å². The van der Waals surface area contributed by atoms with E-state index in [1.165, 1.54) is 11.1 Å². The molecule has 0 aromatic carbocycles. The largest absolute Gasteiger partial charge is 0.659 e. The summed E-state index contributed by atoms with van der Waals surface area (Å²) in [5.74, 6) is 0. The summed E-state index contributed by atoms with van der Waals surface area (Å²) in [6.45, 7) is 8.08. The summed E-state index contributed by atoms with van der Waals surface area (Å²) >= 11 is 0. The molecule has 0 N–H and O–H groups in total. The van der Waals surface area contributed by atoms with Crippen LogP contribution >= 0.6 is 0 Å². The van der Waals surface area contributed by atoms with Crippen molar-refractivity contribution in [3.63, 3.8) is 0 Å². The zero-order chi connectivity index (χ0) is 10.8. The molecule has 1 aromatic rings. The number of rotatable bonds is 0. The second-order valence-corrected chi connectivity index (χ2v) is 3.78. The first-order valence-electron chi connectivity index (χ1n) is 4.93. The third-order valence-electron chi connectivity index (χ3n) is 2.37. The van der Waals surface area contributed by atoms with Gasteiger partial charge >= 0.3 is 0 Å². The molecule has 0 amide bonds. The van der Waals surface area contributed by atoms with E-state index in [2.05, 4.69) is 38.0 Å². The highest BCUT2D eigenvalue weighted by molar-refractivity contribution is 5.71. The van der Waals surface area contributed by atoms with Crippen LogP contribution in [0.4, 0.5) is 0 Å². The number of pyridine rings is 1. The van der Waals surface area contributed by atoms with Crippen molar-refractivity contribution >= 4 is 5.70 Å². The molecule has 2 rings (SSSR count). The minimum absolute atomic E-state index is 0.966. The monoisotopic (exact) mass is 198 g/mol. The molecule has 0 saturated heterocycles. The van der Waals surface area contributed by atoms with Crippen LogP contribution in [-0.2, 0) is 0 Å². The summed E-state index contributed by atoms with van der Waals surface area (Å²) in [7, 11) is 0. The van der Waals surface area contributed by atoms with Crippen molar-refractivity contribution in [2.45, 2.75) is 13.8 Å². The molecule has 15 heavy (non-hydrogen) atoms. The lowest BCUT2D eigenvalue weighted by molar-refractivity contribution is -0.514. The van der Waals surface area contributed by atoms with Crippen LogP contribution in [0.3, 0.4) is 0 Å². The van der Waals surface area contributed by atoms with Crippen LogP contribution in [0, 0.1) is 13.6 Å². The Morgan fingerprint density at radius 2 is 2.13 bits per heavy atom. The van der Waals surface area contributed by atoms with E-state index in [4.69, 9.17) is 0 Å². The Morgan fingerprint density at radius 1 is 1.33 bits per heavy atom.